The summed E-state index contributed by atoms with van der Waals surface area (Å²) >= 11 is 0. The Morgan fingerprint density at radius 3 is 2.58 bits per heavy atom. The summed E-state index contributed by atoms with van der Waals surface area (Å²) in [7, 11) is 0. The molecule has 1 aromatic heterocycles. The van der Waals surface area contributed by atoms with Crippen LogP contribution in [0.25, 0.3) is 0 Å². The molecule has 0 spiro atoms. The topological polar surface area (TPSA) is 34.5 Å². The van der Waals surface area contributed by atoms with E-state index in [0.717, 1.165) is 43.8 Å². The first-order valence-electron chi connectivity index (χ1n) is 9.71. The van der Waals surface area contributed by atoms with Gasteiger partial charge in [-0.05, 0) is 52.5 Å². The largest absolute Gasteiger partial charge is 0.376 e. The van der Waals surface area contributed by atoms with Crippen LogP contribution in [0, 0.1) is 13.8 Å². The Morgan fingerprint density at radius 1 is 1.21 bits per heavy atom. The molecule has 4 nitrogen and oxygen atoms in total. The molecule has 2 fully saturated rings. The predicted molar refractivity (Wildman–Crippen MR) is 96.6 cm³/mol. The first kappa shape index (κ1) is 17.5. The van der Waals surface area contributed by atoms with Gasteiger partial charge in [-0.1, -0.05) is 19.3 Å². The standard InChI is InChI=1S/C20H32N2O2/c1-4-21(14-18-11-8-12-24-18)20(23)19-13-15(2)22(16(19)3)17-9-6-5-7-10-17/h13,17-18H,4-12,14H2,1-3H3. The molecule has 1 saturated carbocycles. The molecular weight excluding hydrogens is 300 g/mol. The van der Waals surface area contributed by atoms with Crippen LogP contribution >= 0.6 is 0 Å². The second kappa shape index (κ2) is 7.73. The molecule has 2 heterocycles. The van der Waals surface area contributed by atoms with Gasteiger partial charge in [0.25, 0.3) is 5.91 Å². The molecule has 0 N–H and O–H groups in total. The number of carbonyl (C=O) groups excluding carboxylic acids is 1. The monoisotopic (exact) mass is 332 g/mol. The van der Waals surface area contributed by atoms with E-state index < -0.39 is 0 Å². The molecule has 24 heavy (non-hydrogen) atoms. The third-order valence-electron chi connectivity index (χ3n) is 5.77. The number of hydrogen-bond donors (Lipinski definition) is 0. The molecule has 1 saturated heterocycles. The average Bonchev–Trinajstić information content (AvgIpc) is 3.20. The molecule has 4 heteroatoms. The molecule has 1 aliphatic carbocycles. The van der Waals surface area contributed by atoms with Crippen molar-refractivity contribution < 1.29 is 9.53 Å². The van der Waals surface area contributed by atoms with Crippen LogP contribution in [0.3, 0.4) is 0 Å². The zero-order chi connectivity index (χ0) is 17.1. The number of amides is 1. The Morgan fingerprint density at radius 2 is 1.96 bits per heavy atom. The zero-order valence-electron chi connectivity index (χ0n) is 15.5. The number of aromatic nitrogens is 1. The van der Waals surface area contributed by atoms with Crippen LogP contribution in [0.4, 0.5) is 0 Å². The maximum absolute atomic E-state index is 13.1. The highest BCUT2D eigenvalue weighted by atomic mass is 16.5. The molecule has 2 aliphatic rings. The lowest BCUT2D eigenvalue weighted by Gasteiger charge is -2.27. The first-order valence-corrected chi connectivity index (χ1v) is 9.71. The van der Waals surface area contributed by atoms with Crippen LogP contribution in [0.5, 0.6) is 0 Å². The van der Waals surface area contributed by atoms with Gasteiger partial charge in [-0.15, -0.1) is 0 Å². The van der Waals surface area contributed by atoms with Gasteiger partial charge >= 0.3 is 0 Å². The highest BCUT2D eigenvalue weighted by Crippen LogP contribution is 2.32. The van der Waals surface area contributed by atoms with Crippen molar-refractivity contribution in [2.75, 3.05) is 19.7 Å². The van der Waals surface area contributed by atoms with Crippen LogP contribution in [0.2, 0.25) is 0 Å². The molecule has 0 bridgehead atoms. The van der Waals surface area contributed by atoms with Crippen LogP contribution < -0.4 is 0 Å². The zero-order valence-corrected chi connectivity index (χ0v) is 15.5. The van der Waals surface area contributed by atoms with Gasteiger partial charge < -0.3 is 14.2 Å². The van der Waals surface area contributed by atoms with Crippen molar-refractivity contribution in [1.82, 2.24) is 9.47 Å². The van der Waals surface area contributed by atoms with E-state index in [1.165, 1.54) is 37.8 Å². The van der Waals surface area contributed by atoms with Gasteiger partial charge in [0.05, 0.1) is 11.7 Å². The molecule has 1 unspecified atom stereocenters. The minimum absolute atomic E-state index is 0.170. The molecule has 1 aliphatic heterocycles. The molecule has 134 valence electrons. The van der Waals surface area contributed by atoms with E-state index in [2.05, 4.69) is 31.4 Å². The fourth-order valence-corrected chi connectivity index (χ4v) is 4.45. The molecule has 3 rings (SSSR count). The fourth-order valence-electron chi connectivity index (χ4n) is 4.45. The first-order chi connectivity index (χ1) is 11.6. The van der Waals surface area contributed by atoms with Crippen molar-refractivity contribution in [3.8, 4) is 0 Å². The van der Waals surface area contributed by atoms with Crippen LogP contribution in [-0.2, 0) is 4.74 Å². The van der Waals surface area contributed by atoms with E-state index in [-0.39, 0.29) is 12.0 Å². The molecular formula is C20H32N2O2. The smallest absolute Gasteiger partial charge is 0.255 e. The van der Waals surface area contributed by atoms with Crippen LogP contribution in [0.15, 0.2) is 6.07 Å². The number of aryl methyl sites for hydroxylation is 1. The fraction of sp³-hybridized carbons (Fsp3) is 0.750. The number of carbonyl (C=O) groups is 1. The summed E-state index contributed by atoms with van der Waals surface area (Å²) in [6, 6.07) is 2.68. The number of rotatable bonds is 5. The summed E-state index contributed by atoms with van der Waals surface area (Å²) in [5.41, 5.74) is 3.27. The van der Waals surface area contributed by atoms with Crippen molar-refractivity contribution in [2.24, 2.45) is 0 Å². The lowest BCUT2D eigenvalue weighted by molar-refractivity contribution is 0.0538. The van der Waals surface area contributed by atoms with Gasteiger partial charge in [-0.3, -0.25) is 4.79 Å². The van der Waals surface area contributed by atoms with E-state index in [1.807, 2.05) is 4.90 Å². The number of ether oxygens (including phenoxy) is 1. The average molecular weight is 332 g/mol. The molecule has 0 aromatic carbocycles. The van der Waals surface area contributed by atoms with E-state index in [4.69, 9.17) is 4.74 Å². The Bertz CT molecular complexity index is 566. The van der Waals surface area contributed by atoms with Crippen molar-refractivity contribution >= 4 is 5.91 Å². The van der Waals surface area contributed by atoms with Crippen LogP contribution in [0.1, 0.15) is 79.7 Å². The third kappa shape index (κ3) is 3.53. The second-order valence-corrected chi connectivity index (χ2v) is 7.43. The SMILES string of the molecule is CCN(CC1CCCO1)C(=O)c1cc(C)n(C2CCCCC2)c1C. The van der Waals surface area contributed by atoms with Gasteiger partial charge in [-0.25, -0.2) is 0 Å². The Kier molecular flexibility index (Phi) is 5.65. The van der Waals surface area contributed by atoms with E-state index >= 15 is 0 Å². The van der Waals surface area contributed by atoms with E-state index in [0.29, 0.717) is 6.04 Å². The summed E-state index contributed by atoms with van der Waals surface area (Å²) in [4.78, 5) is 15.1. The van der Waals surface area contributed by atoms with Crippen molar-refractivity contribution in [3.05, 3.63) is 23.0 Å². The van der Waals surface area contributed by atoms with Crippen molar-refractivity contribution in [2.45, 2.75) is 77.9 Å². The summed E-state index contributed by atoms with van der Waals surface area (Å²) < 4.78 is 8.15. The lowest BCUT2D eigenvalue weighted by atomic mass is 9.95. The van der Waals surface area contributed by atoms with Gasteiger partial charge in [0.2, 0.25) is 0 Å². The van der Waals surface area contributed by atoms with Gasteiger partial charge in [0.15, 0.2) is 0 Å². The molecule has 1 aromatic rings. The molecule has 1 atom stereocenters. The van der Waals surface area contributed by atoms with Gasteiger partial charge in [-0.2, -0.15) is 0 Å². The summed E-state index contributed by atoms with van der Waals surface area (Å²) in [5.74, 6) is 0.170. The number of nitrogens with zero attached hydrogens (tertiary/aromatic N) is 2. The normalized spacial score (nSPS) is 22.0. The maximum Gasteiger partial charge on any atom is 0.255 e. The molecule has 1 amide bonds. The van der Waals surface area contributed by atoms with Gasteiger partial charge in [0, 0.05) is 37.1 Å². The summed E-state index contributed by atoms with van der Waals surface area (Å²) in [6.45, 7) is 8.64. The quantitative estimate of drug-likeness (QED) is 0.808. The van der Waals surface area contributed by atoms with Crippen molar-refractivity contribution in [1.29, 1.82) is 0 Å². The number of hydrogen-bond acceptors (Lipinski definition) is 2. The summed E-state index contributed by atoms with van der Waals surface area (Å²) in [5, 5.41) is 0. The summed E-state index contributed by atoms with van der Waals surface area (Å²) in [6.07, 6.45) is 8.88. The van der Waals surface area contributed by atoms with Gasteiger partial charge in [0.1, 0.15) is 0 Å². The molecule has 0 radical (unpaired) electrons. The Balaban J connectivity index is 1.78. The lowest BCUT2D eigenvalue weighted by Crippen LogP contribution is -2.37. The second-order valence-electron chi connectivity index (χ2n) is 7.43. The maximum atomic E-state index is 13.1. The van der Waals surface area contributed by atoms with E-state index in [9.17, 15) is 4.79 Å². The highest BCUT2D eigenvalue weighted by Gasteiger charge is 2.27. The van der Waals surface area contributed by atoms with Crippen LogP contribution in [-0.4, -0.2) is 41.2 Å². The Hall–Kier alpha value is -1.29. The predicted octanol–water partition coefficient (Wildman–Crippen LogP) is 4.25. The number of likely N-dealkylation sites (N-methyl/N-ethyl adjacent to an activating group) is 1. The van der Waals surface area contributed by atoms with E-state index in [1.54, 1.807) is 0 Å². The highest BCUT2D eigenvalue weighted by molar-refractivity contribution is 5.95. The minimum Gasteiger partial charge on any atom is -0.376 e. The Labute approximate surface area is 146 Å². The minimum atomic E-state index is 0.170. The third-order valence-corrected chi connectivity index (χ3v) is 5.77. The van der Waals surface area contributed by atoms with Crippen molar-refractivity contribution in [3.63, 3.8) is 0 Å².